The molecule has 0 amide bonds. The van der Waals surface area contributed by atoms with E-state index >= 15 is 0 Å². The van der Waals surface area contributed by atoms with Crippen molar-refractivity contribution in [2.24, 2.45) is 0 Å². The van der Waals surface area contributed by atoms with E-state index in [-0.39, 0.29) is 4.90 Å². The smallest absolute Gasteiger partial charge is 0.243 e. The second kappa shape index (κ2) is 7.18. The third-order valence-corrected chi connectivity index (χ3v) is 6.07. The van der Waals surface area contributed by atoms with Gasteiger partial charge in [-0.15, -0.1) is 0 Å². The second-order valence-electron chi connectivity index (χ2n) is 5.60. The van der Waals surface area contributed by atoms with Crippen molar-refractivity contribution in [1.29, 1.82) is 0 Å². The van der Waals surface area contributed by atoms with Crippen LogP contribution in [0.3, 0.4) is 0 Å². The summed E-state index contributed by atoms with van der Waals surface area (Å²) in [5.41, 5.74) is 0. The van der Waals surface area contributed by atoms with Crippen LogP contribution in [0.4, 0.5) is 0 Å². The first-order chi connectivity index (χ1) is 11.5. The fourth-order valence-electron chi connectivity index (χ4n) is 2.60. The largest absolute Gasteiger partial charge is 0.339 e. The first-order valence-electron chi connectivity index (χ1n) is 7.78. The maximum atomic E-state index is 12.7. The van der Waals surface area contributed by atoms with E-state index < -0.39 is 10.0 Å². The zero-order valence-corrected chi connectivity index (χ0v) is 14.9. The Kier molecular flexibility index (Phi) is 5.19. The van der Waals surface area contributed by atoms with E-state index in [1.54, 1.807) is 18.2 Å². The van der Waals surface area contributed by atoms with Crippen LogP contribution in [0.2, 0.25) is 5.02 Å². The standard InChI is InChI=1S/C15H19ClN4O3S/c1-2-15-17-14(18-23-15)11-19-6-8-20(9-7-19)24(21,22)13-5-3-4-12(16)10-13/h3-5,10H,2,6-9,11H2,1H3. The molecule has 0 atom stereocenters. The summed E-state index contributed by atoms with van der Waals surface area (Å²) in [6, 6.07) is 6.36. The molecule has 1 saturated heterocycles. The summed E-state index contributed by atoms with van der Waals surface area (Å²) in [5, 5.41) is 4.35. The molecule has 1 aromatic heterocycles. The van der Waals surface area contributed by atoms with Crippen molar-refractivity contribution in [3.05, 3.63) is 41.0 Å². The third kappa shape index (κ3) is 3.77. The minimum atomic E-state index is -3.51. The molecular formula is C15H19ClN4O3S. The SMILES string of the molecule is CCc1nc(CN2CCN(S(=O)(=O)c3cccc(Cl)c3)CC2)no1. The second-order valence-corrected chi connectivity index (χ2v) is 7.97. The normalized spacial score (nSPS) is 17.2. The number of benzene rings is 1. The number of halogens is 1. The van der Waals surface area contributed by atoms with Gasteiger partial charge in [-0.25, -0.2) is 8.42 Å². The van der Waals surface area contributed by atoms with Crippen LogP contribution in [0.5, 0.6) is 0 Å². The van der Waals surface area contributed by atoms with Crippen LogP contribution in [0.15, 0.2) is 33.7 Å². The molecule has 1 fully saturated rings. The number of rotatable bonds is 5. The van der Waals surface area contributed by atoms with Crippen molar-refractivity contribution in [3.63, 3.8) is 0 Å². The van der Waals surface area contributed by atoms with Gasteiger partial charge in [0.1, 0.15) is 0 Å². The molecule has 0 aliphatic carbocycles. The maximum absolute atomic E-state index is 12.7. The Bertz CT molecular complexity index is 801. The van der Waals surface area contributed by atoms with Crippen molar-refractivity contribution in [2.75, 3.05) is 26.2 Å². The number of hydrogen-bond acceptors (Lipinski definition) is 6. The van der Waals surface area contributed by atoms with Crippen LogP contribution < -0.4 is 0 Å². The maximum Gasteiger partial charge on any atom is 0.243 e. The van der Waals surface area contributed by atoms with Gasteiger partial charge in [0.05, 0.1) is 11.4 Å². The molecule has 24 heavy (non-hydrogen) atoms. The first kappa shape index (κ1) is 17.3. The predicted octanol–water partition coefficient (Wildman–Crippen LogP) is 1.79. The zero-order chi connectivity index (χ0) is 17.2. The summed E-state index contributed by atoms with van der Waals surface area (Å²) < 4.78 is 31.9. The third-order valence-electron chi connectivity index (χ3n) is 3.94. The van der Waals surface area contributed by atoms with Crippen molar-refractivity contribution in [2.45, 2.75) is 24.8 Å². The Labute approximate surface area is 146 Å². The number of sulfonamides is 1. The lowest BCUT2D eigenvalue weighted by molar-refractivity contribution is 0.176. The molecule has 1 aliphatic rings. The van der Waals surface area contributed by atoms with Crippen LogP contribution in [-0.4, -0.2) is 53.9 Å². The molecule has 1 aromatic carbocycles. The van der Waals surface area contributed by atoms with Crippen molar-refractivity contribution < 1.29 is 12.9 Å². The van der Waals surface area contributed by atoms with Gasteiger partial charge in [0, 0.05) is 37.6 Å². The summed E-state index contributed by atoms with van der Waals surface area (Å²) >= 11 is 5.90. The molecule has 0 unspecified atom stereocenters. The molecule has 0 N–H and O–H groups in total. The summed E-state index contributed by atoms with van der Waals surface area (Å²) in [4.78, 5) is 6.63. The molecule has 0 saturated carbocycles. The summed E-state index contributed by atoms with van der Waals surface area (Å²) in [6.45, 7) is 4.61. The van der Waals surface area contributed by atoms with E-state index in [0.29, 0.717) is 55.9 Å². The van der Waals surface area contributed by atoms with Gasteiger partial charge in [0.2, 0.25) is 15.9 Å². The average Bonchev–Trinajstić information content (AvgIpc) is 3.03. The average molecular weight is 371 g/mol. The molecule has 1 aliphatic heterocycles. The molecule has 0 spiro atoms. The van der Waals surface area contributed by atoms with Crippen LogP contribution in [0.25, 0.3) is 0 Å². The van der Waals surface area contributed by atoms with E-state index in [1.807, 2.05) is 6.92 Å². The fraction of sp³-hybridized carbons (Fsp3) is 0.467. The Morgan fingerprint density at radius 1 is 1.25 bits per heavy atom. The Balaban J connectivity index is 1.62. The molecule has 2 aromatic rings. The van der Waals surface area contributed by atoms with Gasteiger partial charge in [-0.3, -0.25) is 4.90 Å². The highest BCUT2D eigenvalue weighted by Crippen LogP contribution is 2.21. The van der Waals surface area contributed by atoms with E-state index in [1.165, 1.54) is 10.4 Å². The molecular weight excluding hydrogens is 352 g/mol. The Morgan fingerprint density at radius 2 is 2.00 bits per heavy atom. The highest BCUT2D eigenvalue weighted by molar-refractivity contribution is 7.89. The van der Waals surface area contributed by atoms with Gasteiger partial charge in [0.25, 0.3) is 0 Å². The number of aryl methyl sites for hydroxylation is 1. The zero-order valence-electron chi connectivity index (χ0n) is 13.4. The fourth-order valence-corrected chi connectivity index (χ4v) is 4.33. The summed E-state index contributed by atoms with van der Waals surface area (Å²) in [5.74, 6) is 1.25. The van der Waals surface area contributed by atoms with Gasteiger partial charge in [0.15, 0.2) is 5.82 Å². The topological polar surface area (TPSA) is 79.5 Å². The number of aromatic nitrogens is 2. The van der Waals surface area contributed by atoms with Gasteiger partial charge in [-0.05, 0) is 18.2 Å². The lowest BCUT2D eigenvalue weighted by Crippen LogP contribution is -2.48. The molecule has 9 heteroatoms. The minimum Gasteiger partial charge on any atom is -0.339 e. The first-order valence-corrected chi connectivity index (χ1v) is 9.60. The van der Waals surface area contributed by atoms with E-state index in [9.17, 15) is 8.42 Å². The van der Waals surface area contributed by atoms with E-state index in [0.717, 1.165) is 0 Å². The highest BCUT2D eigenvalue weighted by atomic mass is 35.5. The lowest BCUT2D eigenvalue weighted by Gasteiger charge is -2.33. The number of nitrogens with zero attached hydrogens (tertiary/aromatic N) is 4. The monoisotopic (exact) mass is 370 g/mol. The van der Waals surface area contributed by atoms with Gasteiger partial charge < -0.3 is 4.52 Å². The Hall–Kier alpha value is -1.48. The van der Waals surface area contributed by atoms with Gasteiger partial charge >= 0.3 is 0 Å². The van der Waals surface area contributed by atoms with Crippen molar-refractivity contribution in [3.8, 4) is 0 Å². The van der Waals surface area contributed by atoms with Gasteiger partial charge in [-0.2, -0.15) is 9.29 Å². The Morgan fingerprint density at radius 3 is 2.62 bits per heavy atom. The van der Waals surface area contributed by atoms with Gasteiger partial charge in [-0.1, -0.05) is 29.7 Å². The van der Waals surface area contributed by atoms with E-state index in [4.69, 9.17) is 16.1 Å². The quantitative estimate of drug-likeness (QED) is 0.798. The van der Waals surface area contributed by atoms with Crippen molar-refractivity contribution in [1.82, 2.24) is 19.3 Å². The molecule has 7 nitrogen and oxygen atoms in total. The van der Waals surface area contributed by atoms with Crippen LogP contribution in [-0.2, 0) is 23.0 Å². The summed E-state index contributed by atoms with van der Waals surface area (Å²) in [7, 11) is -3.51. The summed E-state index contributed by atoms with van der Waals surface area (Å²) in [6.07, 6.45) is 0.707. The highest BCUT2D eigenvalue weighted by Gasteiger charge is 2.29. The van der Waals surface area contributed by atoms with Crippen molar-refractivity contribution >= 4 is 21.6 Å². The molecule has 2 heterocycles. The number of hydrogen-bond donors (Lipinski definition) is 0. The van der Waals surface area contributed by atoms with Crippen LogP contribution in [0, 0.1) is 0 Å². The molecule has 0 bridgehead atoms. The van der Waals surface area contributed by atoms with Crippen LogP contribution >= 0.6 is 11.6 Å². The van der Waals surface area contributed by atoms with E-state index in [2.05, 4.69) is 15.0 Å². The van der Waals surface area contributed by atoms with Crippen LogP contribution in [0.1, 0.15) is 18.6 Å². The number of piperazine rings is 1. The predicted molar refractivity (Wildman–Crippen MR) is 89.2 cm³/mol. The lowest BCUT2D eigenvalue weighted by atomic mass is 10.3. The molecule has 0 radical (unpaired) electrons. The minimum absolute atomic E-state index is 0.231. The molecule has 3 rings (SSSR count). The molecule has 130 valence electrons.